The van der Waals surface area contributed by atoms with E-state index in [1.807, 2.05) is 7.05 Å². The van der Waals surface area contributed by atoms with Crippen LogP contribution < -0.4 is 0 Å². The second-order valence-electron chi connectivity index (χ2n) is 2.67. The molecule has 0 unspecified atom stereocenters. The molecule has 1 heterocycles. The summed E-state index contributed by atoms with van der Waals surface area (Å²) in [6.45, 7) is 3.97. The molecule has 0 bridgehead atoms. The first-order valence-electron chi connectivity index (χ1n) is 3.60. The molecule has 3 nitrogen and oxygen atoms in total. The monoisotopic (exact) mass is 143 g/mol. The Kier molecular flexibility index (Phi) is 2.27. The van der Waals surface area contributed by atoms with Gasteiger partial charge in [0.2, 0.25) is 0 Å². The Morgan fingerprint density at radius 1 is 1.80 bits per heavy atom. The fraction of sp³-hybridized carbons (Fsp3) is 0.857. The van der Waals surface area contributed by atoms with E-state index >= 15 is 0 Å². The molecule has 0 aromatic carbocycles. The highest BCUT2D eigenvalue weighted by atomic mass is 16.6. The lowest BCUT2D eigenvalue weighted by molar-refractivity contribution is -0.170. The Morgan fingerprint density at radius 2 is 2.40 bits per heavy atom. The summed E-state index contributed by atoms with van der Waals surface area (Å²) >= 11 is 0. The molecule has 1 fully saturated rings. The van der Waals surface area contributed by atoms with Gasteiger partial charge in [-0.2, -0.15) is 0 Å². The molecule has 1 aliphatic heterocycles. The van der Waals surface area contributed by atoms with Gasteiger partial charge in [0.15, 0.2) is 0 Å². The van der Waals surface area contributed by atoms with Crippen LogP contribution in [-0.4, -0.2) is 37.1 Å². The lowest BCUT2D eigenvalue weighted by Gasteiger charge is -2.28. The second kappa shape index (κ2) is 3.01. The molecule has 0 amide bonds. The van der Waals surface area contributed by atoms with Crippen molar-refractivity contribution in [2.75, 3.05) is 20.1 Å². The van der Waals surface area contributed by atoms with Crippen LogP contribution in [0.2, 0.25) is 0 Å². The molecule has 0 aromatic heterocycles. The third-order valence-electron chi connectivity index (χ3n) is 1.75. The van der Waals surface area contributed by atoms with Crippen molar-refractivity contribution in [3.63, 3.8) is 0 Å². The Morgan fingerprint density at radius 3 is 2.80 bits per heavy atom. The van der Waals surface area contributed by atoms with Crippen molar-refractivity contribution in [1.29, 1.82) is 0 Å². The number of esters is 1. The predicted octanol–water partition coefficient (Wildman–Crippen LogP) is 0.254. The first-order chi connectivity index (χ1) is 4.72. The van der Waals surface area contributed by atoms with Gasteiger partial charge in [0.05, 0.1) is 6.42 Å². The van der Waals surface area contributed by atoms with E-state index in [1.54, 1.807) is 0 Å². The lowest BCUT2D eigenvalue weighted by atomic mass is 10.2. The van der Waals surface area contributed by atoms with Crippen LogP contribution in [0.15, 0.2) is 0 Å². The molecule has 0 aliphatic carbocycles. The largest absolute Gasteiger partial charge is 0.460 e. The summed E-state index contributed by atoms with van der Waals surface area (Å²) in [5, 5.41) is 0. The Balaban J connectivity index is 2.10. The Labute approximate surface area is 61.0 Å². The lowest BCUT2D eigenvalue weighted by Crippen LogP contribution is -2.41. The molecule has 1 atom stereocenters. The number of hydrogen-bond acceptors (Lipinski definition) is 3. The molecule has 0 aromatic rings. The van der Waals surface area contributed by atoms with Crippen LogP contribution in [0.5, 0.6) is 0 Å². The third-order valence-corrected chi connectivity index (χ3v) is 1.75. The molecule has 0 radical (unpaired) electrons. The van der Waals surface area contributed by atoms with Gasteiger partial charge in [0.25, 0.3) is 0 Å². The van der Waals surface area contributed by atoms with E-state index in [9.17, 15) is 4.79 Å². The van der Waals surface area contributed by atoms with Gasteiger partial charge in [-0.15, -0.1) is 0 Å². The topological polar surface area (TPSA) is 29.5 Å². The van der Waals surface area contributed by atoms with Crippen LogP contribution in [0.1, 0.15) is 13.3 Å². The molecule has 1 rings (SSSR count). The molecule has 3 heteroatoms. The van der Waals surface area contributed by atoms with Crippen molar-refractivity contribution in [2.45, 2.75) is 19.4 Å². The zero-order valence-corrected chi connectivity index (χ0v) is 6.46. The number of nitrogens with zero attached hydrogens (tertiary/aromatic N) is 1. The number of carbonyl (C=O) groups is 1. The fourth-order valence-corrected chi connectivity index (χ4v) is 0.941. The normalized spacial score (nSPS) is 24.3. The van der Waals surface area contributed by atoms with Crippen LogP contribution in [0.3, 0.4) is 0 Å². The van der Waals surface area contributed by atoms with E-state index in [0.717, 1.165) is 13.1 Å². The SMILES string of the molecule is CCN(C)C[C@H]1CC(=O)O1. The van der Waals surface area contributed by atoms with Gasteiger partial charge in [-0.1, -0.05) is 6.92 Å². The molecule has 10 heavy (non-hydrogen) atoms. The standard InChI is InChI=1S/C7H13NO2/c1-3-8(2)5-6-4-7(9)10-6/h6H,3-5H2,1-2H3/t6-/m1/s1. The van der Waals surface area contributed by atoms with Crippen LogP contribution in [0.4, 0.5) is 0 Å². The van der Waals surface area contributed by atoms with Crippen molar-refractivity contribution in [2.24, 2.45) is 0 Å². The fourth-order valence-electron chi connectivity index (χ4n) is 0.941. The van der Waals surface area contributed by atoms with Gasteiger partial charge >= 0.3 is 5.97 Å². The Bertz CT molecular complexity index is 128. The van der Waals surface area contributed by atoms with Crippen molar-refractivity contribution in [3.05, 3.63) is 0 Å². The van der Waals surface area contributed by atoms with E-state index in [-0.39, 0.29) is 12.1 Å². The second-order valence-corrected chi connectivity index (χ2v) is 2.67. The summed E-state index contributed by atoms with van der Waals surface area (Å²) < 4.78 is 4.83. The maximum atomic E-state index is 10.3. The molecular weight excluding hydrogens is 130 g/mol. The van der Waals surface area contributed by atoms with Gasteiger partial charge in [-0.25, -0.2) is 0 Å². The summed E-state index contributed by atoms with van der Waals surface area (Å²) in [5.41, 5.74) is 0. The zero-order valence-electron chi connectivity index (χ0n) is 6.46. The molecule has 0 spiro atoms. The third kappa shape index (κ3) is 1.70. The summed E-state index contributed by atoms with van der Waals surface area (Å²) in [5.74, 6) is -0.0606. The van der Waals surface area contributed by atoms with Gasteiger partial charge in [0, 0.05) is 6.54 Å². The predicted molar refractivity (Wildman–Crippen MR) is 37.7 cm³/mol. The molecule has 0 N–H and O–H groups in total. The van der Waals surface area contributed by atoms with E-state index in [4.69, 9.17) is 4.74 Å². The number of carbonyl (C=O) groups excluding carboxylic acids is 1. The van der Waals surface area contributed by atoms with Gasteiger partial charge in [0.1, 0.15) is 6.10 Å². The first-order valence-corrected chi connectivity index (χ1v) is 3.60. The Hall–Kier alpha value is -0.570. The van der Waals surface area contributed by atoms with Gasteiger partial charge < -0.3 is 9.64 Å². The molecule has 0 saturated carbocycles. The van der Waals surface area contributed by atoms with E-state index < -0.39 is 0 Å². The number of likely N-dealkylation sites (N-methyl/N-ethyl adjacent to an activating group) is 1. The summed E-state index contributed by atoms with van der Waals surface area (Å²) in [7, 11) is 2.02. The van der Waals surface area contributed by atoms with E-state index in [0.29, 0.717) is 6.42 Å². The average molecular weight is 143 g/mol. The van der Waals surface area contributed by atoms with Crippen LogP contribution in [0, 0.1) is 0 Å². The number of ether oxygens (including phenoxy) is 1. The highest BCUT2D eigenvalue weighted by Crippen LogP contribution is 2.13. The smallest absolute Gasteiger partial charge is 0.309 e. The van der Waals surface area contributed by atoms with Gasteiger partial charge in [-0.05, 0) is 13.6 Å². The summed E-state index contributed by atoms with van der Waals surface area (Å²) in [6.07, 6.45) is 0.766. The maximum Gasteiger partial charge on any atom is 0.309 e. The maximum absolute atomic E-state index is 10.3. The zero-order chi connectivity index (χ0) is 7.56. The molecule has 1 saturated heterocycles. The number of rotatable bonds is 3. The molecule has 1 aliphatic rings. The minimum atomic E-state index is -0.0606. The van der Waals surface area contributed by atoms with Gasteiger partial charge in [-0.3, -0.25) is 4.79 Å². The highest BCUT2D eigenvalue weighted by molar-refractivity contribution is 5.75. The van der Waals surface area contributed by atoms with Crippen molar-refractivity contribution in [1.82, 2.24) is 4.90 Å². The van der Waals surface area contributed by atoms with Crippen molar-refractivity contribution in [3.8, 4) is 0 Å². The highest BCUT2D eigenvalue weighted by Gasteiger charge is 2.28. The van der Waals surface area contributed by atoms with Crippen molar-refractivity contribution >= 4 is 5.97 Å². The first kappa shape index (κ1) is 7.54. The van der Waals surface area contributed by atoms with E-state index in [1.165, 1.54) is 0 Å². The van der Waals surface area contributed by atoms with Crippen LogP contribution in [0.25, 0.3) is 0 Å². The molecule has 58 valence electrons. The van der Waals surface area contributed by atoms with Crippen LogP contribution in [-0.2, 0) is 9.53 Å². The van der Waals surface area contributed by atoms with Crippen molar-refractivity contribution < 1.29 is 9.53 Å². The minimum absolute atomic E-state index is 0.0606. The number of cyclic esters (lactones) is 1. The summed E-state index contributed by atoms with van der Waals surface area (Å²) in [6, 6.07) is 0. The summed E-state index contributed by atoms with van der Waals surface area (Å²) in [4.78, 5) is 12.5. The minimum Gasteiger partial charge on any atom is -0.460 e. The van der Waals surface area contributed by atoms with Crippen LogP contribution >= 0.6 is 0 Å². The average Bonchev–Trinajstić information content (AvgIpc) is 1.84. The number of hydrogen-bond donors (Lipinski definition) is 0. The molecular formula is C7H13NO2. The van der Waals surface area contributed by atoms with E-state index in [2.05, 4.69) is 11.8 Å². The quantitative estimate of drug-likeness (QED) is 0.530.